The lowest BCUT2D eigenvalue weighted by atomic mass is 9.96. The lowest BCUT2D eigenvalue weighted by molar-refractivity contribution is 0.0705. The maximum atomic E-state index is 12.9. The fraction of sp³-hybridized carbons (Fsp3) is 0.389. The number of fused-ring (bicyclic) bond motifs is 1. The molecule has 1 saturated heterocycles. The molecule has 4 rings (SSSR count). The Balaban J connectivity index is 1.59. The molecule has 1 N–H and O–H groups in total. The van der Waals surface area contributed by atoms with Crippen LogP contribution in [-0.4, -0.2) is 38.4 Å². The Morgan fingerprint density at radius 2 is 2.24 bits per heavy atom. The van der Waals surface area contributed by atoms with E-state index in [2.05, 4.69) is 9.97 Å². The largest absolute Gasteiger partial charge is 0.419 e. The van der Waals surface area contributed by atoms with Crippen molar-refractivity contribution in [2.45, 2.75) is 25.7 Å². The number of nitrogens with zero attached hydrogens (tertiary/aromatic N) is 3. The highest BCUT2D eigenvalue weighted by Gasteiger charge is 2.27. The van der Waals surface area contributed by atoms with Crippen LogP contribution in [0, 0.1) is 6.92 Å². The number of H-pyrrole nitrogens is 1. The highest BCUT2D eigenvalue weighted by atomic mass is 16.4. The zero-order chi connectivity index (χ0) is 17.6. The molecule has 1 fully saturated rings. The Hall–Kier alpha value is -2.83. The molecule has 3 aromatic rings. The molecule has 1 aliphatic heterocycles. The summed E-state index contributed by atoms with van der Waals surface area (Å²) in [5.74, 6) is 0.727. The highest BCUT2D eigenvalue weighted by molar-refractivity contribution is 5.97. The van der Waals surface area contributed by atoms with Crippen molar-refractivity contribution < 1.29 is 9.21 Å². The van der Waals surface area contributed by atoms with Crippen molar-refractivity contribution in [1.82, 2.24) is 19.4 Å². The smallest absolute Gasteiger partial charge is 0.408 e. The van der Waals surface area contributed by atoms with E-state index >= 15 is 0 Å². The zero-order valence-electron chi connectivity index (χ0n) is 14.3. The summed E-state index contributed by atoms with van der Waals surface area (Å²) in [5, 5.41) is 0. The van der Waals surface area contributed by atoms with E-state index in [-0.39, 0.29) is 11.8 Å². The van der Waals surface area contributed by atoms with Crippen LogP contribution in [0.2, 0.25) is 0 Å². The van der Waals surface area contributed by atoms with Gasteiger partial charge in [0, 0.05) is 43.5 Å². The van der Waals surface area contributed by atoms with Gasteiger partial charge in [-0.05, 0) is 38.0 Å². The average molecular weight is 340 g/mol. The minimum Gasteiger partial charge on any atom is -0.408 e. The van der Waals surface area contributed by atoms with Gasteiger partial charge in [0.05, 0.1) is 5.52 Å². The van der Waals surface area contributed by atoms with E-state index in [1.165, 1.54) is 4.57 Å². The van der Waals surface area contributed by atoms with Crippen molar-refractivity contribution >= 4 is 17.0 Å². The van der Waals surface area contributed by atoms with Crippen LogP contribution in [0.5, 0.6) is 0 Å². The first-order valence-electron chi connectivity index (χ1n) is 8.43. The van der Waals surface area contributed by atoms with Gasteiger partial charge in [-0.15, -0.1) is 0 Å². The second-order valence-electron chi connectivity index (χ2n) is 6.65. The van der Waals surface area contributed by atoms with Crippen LogP contribution in [0.3, 0.4) is 0 Å². The molecular weight excluding hydrogens is 320 g/mol. The fourth-order valence-electron chi connectivity index (χ4n) is 3.47. The quantitative estimate of drug-likeness (QED) is 0.775. The van der Waals surface area contributed by atoms with E-state index in [4.69, 9.17) is 4.42 Å². The first-order valence-corrected chi connectivity index (χ1v) is 8.43. The molecule has 25 heavy (non-hydrogen) atoms. The summed E-state index contributed by atoms with van der Waals surface area (Å²) < 4.78 is 6.54. The Morgan fingerprint density at radius 3 is 3.00 bits per heavy atom. The summed E-state index contributed by atoms with van der Waals surface area (Å²) in [7, 11) is 1.64. The van der Waals surface area contributed by atoms with E-state index < -0.39 is 5.76 Å². The second-order valence-corrected chi connectivity index (χ2v) is 6.65. The summed E-state index contributed by atoms with van der Waals surface area (Å²) in [5.41, 5.74) is 2.72. The molecule has 1 unspecified atom stereocenters. The van der Waals surface area contributed by atoms with Gasteiger partial charge >= 0.3 is 5.76 Å². The van der Waals surface area contributed by atoms with E-state index in [9.17, 15) is 9.59 Å². The number of carbonyl (C=O) groups excluding carboxylic acids is 1. The van der Waals surface area contributed by atoms with Gasteiger partial charge in [-0.2, -0.15) is 0 Å². The number of amides is 1. The SMILES string of the molecule is Cc1cnc(C2CCCN(C(=O)c3ccc4oc(=O)n(C)c4c3)C2)[nH]1. The first-order chi connectivity index (χ1) is 12.0. The Bertz CT molecular complexity index is 997. The summed E-state index contributed by atoms with van der Waals surface area (Å²) in [6.07, 6.45) is 3.79. The lowest BCUT2D eigenvalue weighted by Crippen LogP contribution is -2.39. The minimum absolute atomic E-state index is 0.0245. The van der Waals surface area contributed by atoms with E-state index in [1.54, 1.807) is 25.2 Å². The molecule has 3 heterocycles. The molecule has 0 radical (unpaired) electrons. The molecular formula is C18H20N4O3. The van der Waals surface area contributed by atoms with Gasteiger partial charge in [0.1, 0.15) is 5.82 Å². The number of aromatic amines is 1. The van der Waals surface area contributed by atoms with Crippen LogP contribution in [0.1, 0.15) is 40.6 Å². The van der Waals surface area contributed by atoms with Gasteiger partial charge in [0.15, 0.2) is 5.58 Å². The normalized spacial score (nSPS) is 18.0. The molecule has 1 aromatic carbocycles. The van der Waals surface area contributed by atoms with Crippen LogP contribution >= 0.6 is 0 Å². The number of oxazole rings is 1. The maximum absolute atomic E-state index is 12.9. The van der Waals surface area contributed by atoms with Crippen molar-refractivity contribution in [2.75, 3.05) is 13.1 Å². The Morgan fingerprint density at radius 1 is 1.40 bits per heavy atom. The molecule has 2 aromatic heterocycles. The number of hydrogen-bond acceptors (Lipinski definition) is 4. The summed E-state index contributed by atoms with van der Waals surface area (Å²) in [4.78, 5) is 34.1. The minimum atomic E-state index is -0.425. The number of benzene rings is 1. The lowest BCUT2D eigenvalue weighted by Gasteiger charge is -2.32. The van der Waals surface area contributed by atoms with E-state index in [0.29, 0.717) is 23.2 Å². The highest BCUT2D eigenvalue weighted by Crippen LogP contribution is 2.26. The molecule has 130 valence electrons. The number of likely N-dealkylation sites (tertiary alicyclic amines) is 1. The van der Waals surface area contributed by atoms with E-state index in [0.717, 1.165) is 30.9 Å². The number of nitrogens with one attached hydrogen (secondary N) is 1. The Kier molecular flexibility index (Phi) is 3.71. The molecule has 7 nitrogen and oxygen atoms in total. The number of aryl methyl sites for hydroxylation is 2. The van der Waals surface area contributed by atoms with Crippen LogP contribution in [0.15, 0.2) is 33.6 Å². The second kappa shape index (κ2) is 5.91. The maximum Gasteiger partial charge on any atom is 0.419 e. The van der Waals surface area contributed by atoms with E-state index in [1.807, 2.05) is 18.0 Å². The zero-order valence-corrected chi connectivity index (χ0v) is 14.3. The van der Waals surface area contributed by atoms with Gasteiger partial charge in [0.25, 0.3) is 5.91 Å². The van der Waals surface area contributed by atoms with Gasteiger partial charge in [-0.25, -0.2) is 9.78 Å². The molecule has 0 spiro atoms. The van der Waals surface area contributed by atoms with Crippen molar-refractivity contribution in [3.63, 3.8) is 0 Å². The molecule has 7 heteroatoms. The monoisotopic (exact) mass is 340 g/mol. The third-order valence-corrected chi connectivity index (χ3v) is 4.86. The molecule has 0 saturated carbocycles. The van der Waals surface area contributed by atoms with Crippen molar-refractivity contribution in [2.24, 2.45) is 7.05 Å². The van der Waals surface area contributed by atoms with Gasteiger partial charge in [-0.1, -0.05) is 0 Å². The average Bonchev–Trinajstić information content (AvgIpc) is 3.18. The number of piperidine rings is 1. The number of carbonyl (C=O) groups is 1. The molecule has 0 aliphatic carbocycles. The van der Waals surface area contributed by atoms with Crippen molar-refractivity contribution in [1.29, 1.82) is 0 Å². The Labute approximate surface area is 144 Å². The third-order valence-electron chi connectivity index (χ3n) is 4.86. The van der Waals surface area contributed by atoms with Gasteiger partial charge in [-0.3, -0.25) is 9.36 Å². The topological polar surface area (TPSA) is 84.1 Å². The standard InChI is InChI=1S/C18H20N4O3/c1-11-9-19-16(20-11)13-4-3-7-22(10-13)17(23)12-5-6-15-14(8-12)21(2)18(24)25-15/h5-6,8-9,13H,3-4,7,10H2,1-2H3,(H,19,20). The summed E-state index contributed by atoms with van der Waals surface area (Å²) in [6.45, 7) is 3.36. The van der Waals surface area contributed by atoms with Crippen LogP contribution in [0.25, 0.3) is 11.1 Å². The summed E-state index contributed by atoms with van der Waals surface area (Å²) >= 11 is 0. The van der Waals surface area contributed by atoms with Gasteiger partial charge in [0.2, 0.25) is 0 Å². The predicted molar refractivity (Wildman–Crippen MR) is 92.7 cm³/mol. The van der Waals surface area contributed by atoms with Crippen molar-refractivity contribution in [3.8, 4) is 0 Å². The number of hydrogen-bond donors (Lipinski definition) is 1. The number of aromatic nitrogens is 3. The molecule has 0 bridgehead atoms. The molecule has 1 aliphatic rings. The van der Waals surface area contributed by atoms with Crippen LogP contribution < -0.4 is 5.76 Å². The third kappa shape index (κ3) is 2.75. The van der Waals surface area contributed by atoms with Crippen LogP contribution in [-0.2, 0) is 7.05 Å². The predicted octanol–water partition coefficient (Wildman–Crippen LogP) is 2.18. The number of imidazole rings is 1. The summed E-state index contributed by atoms with van der Waals surface area (Å²) in [6, 6.07) is 5.12. The molecule has 1 atom stereocenters. The first kappa shape index (κ1) is 15.7. The van der Waals surface area contributed by atoms with Crippen LogP contribution in [0.4, 0.5) is 0 Å². The fourth-order valence-corrected chi connectivity index (χ4v) is 3.47. The van der Waals surface area contributed by atoms with Crippen molar-refractivity contribution in [3.05, 3.63) is 52.0 Å². The number of rotatable bonds is 2. The van der Waals surface area contributed by atoms with Gasteiger partial charge < -0.3 is 14.3 Å². The molecule has 1 amide bonds.